The summed E-state index contributed by atoms with van der Waals surface area (Å²) in [4.78, 5) is 24.6. The summed E-state index contributed by atoms with van der Waals surface area (Å²) in [5.74, 6) is 1.22. The van der Waals surface area contributed by atoms with Crippen molar-refractivity contribution in [3.8, 4) is 0 Å². The fraction of sp³-hybridized carbons (Fsp3) is 0.900. The normalized spacial score (nSPS) is 57.3. The fourth-order valence-electron chi connectivity index (χ4n) is 7.34. The molecule has 0 bridgehead atoms. The van der Waals surface area contributed by atoms with Gasteiger partial charge < -0.3 is 10.2 Å². The molecule has 0 aromatic carbocycles. The second kappa shape index (κ2) is 4.91. The number of hydrogen-bond donors (Lipinski definition) is 2. The van der Waals surface area contributed by atoms with Crippen LogP contribution in [0.1, 0.15) is 65.7 Å². The highest BCUT2D eigenvalue weighted by Crippen LogP contribution is 2.67. The molecule has 0 spiro atoms. The molecule has 4 aliphatic rings. The molecule has 4 fully saturated rings. The van der Waals surface area contributed by atoms with Crippen molar-refractivity contribution in [3.05, 3.63) is 0 Å². The maximum atomic E-state index is 12.5. The summed E-state index contributed by atoms with van der Waals surface area (Å²) in [6.07, 6.45) is 4.21. The largest absolute Gasteiger partial charge is 0.392 e. The number of aliphatic hydroxyl groups is 2. The molecule has 134 valence electrons. The summed E-state index contributed by atoms with van der Waals surface area (Å²) >= 11 is 0. The number of hydrogen-bond acceptors (Lipinski definition) is 4. The van der Waals surface area contributed by atoms with Crippen molar-refractivity contribution in [2.45, 2.75) is 77.4 Å². The van der Waals surface area contributed by atoms with Gasteiger partial charge in [0, 0.05) is 36.0 Å². The zero-order valence-electron chi connectivity index (χ0n) is 15.0. The third-order valence-electron chi connectivity index (χ3n) is 8.78. The van der Waals surface area contributed by atoms with Gasteiger partial charge in [-0.15, -0.1) is 0 Å². The predicted octanol–water partition coefficient (Wildman–Crippen LogP) is 2.50. The van der Waals surface area contributed by atoms with E-state index in [2.05, 4.69) is 6.92 Å². The van der Waals surface area contributed by atoms with Crippen molar-refractivity contribution in [3.63, 3.8) is 0 Å². The van der Waals surface area contributed by atoms with Gasteiger partial charge in [0.15, 0.2) is 0 Å². The minimum absolute atomic E-state index is 0.0231. The van der Waals surface area contributed by atoms with E-state index < -0.39 is 11.7 Å². The van der Waals surface area contributed by atoms with E-state index in [4.69, 9.17) is 0 Å². The van der Waals surface area contributed by atoms with Crippen molar-refractivity contribution in [1.82, 2.24) is 0 Å². The van der Waals surface area contributed by atoms with Crippen LogP contribution in [-0.4, -0.2) is 33.5 Å². The Kier molecular flexibility index (Phi) is 3.42. The van der Waals surface area contributed by atoms with Crippen LogP contribution in [0.4, 0.5) is 0 Å². The van der Waals surface area contributed by atoms with E-state index in [0.717, 1.165) is 25.7 Å². The molecule has 0 heterocycles. The van der Waals surface area contributed by atoms with Crippen molar-refractivity contribution in [2.24, 2.45) is 34.5 Å². The minimum Gasteiger partial charge on any atom is -0.392 e. The van der Waals surface area contributed by atoms with Crippen LogP contribution < -0.4 is 0 Å². The molecule has 4 nitrogen and oxygen atoms in total. The number of aliphatic hydroxyl groups excluding tert-OH is 1. The predicted molar refractivity (Wildman–Crippen MR) is 89.1 cm³/mol. The summed E-state index contributed by atoms with van der Waals surface area (Å²) in [5, 5.41) is 21.8. The first-order valence-electron chi connectivity index (χ1n) is 9.57. The molecule has 0 aliphatic heterocycles. The van der Waals surface area contributed by atoms with Gasteiger partial charge in [-0.05, 0) is 50.4 Å². The first-order chi connectivity index (χ1) is 11.1. The molecule has 0 amide bonds. The maximum Gasteiger partial charge on any atom is 0.141 e. The molecule has 4 rings (SSSR count). The molecule has 0 aromatic heterocycles. The van der Waals surface area contributed by atoms with E-state index in [0.29, 0.717) is 12.8 Å². The van der Waals surface area contributed by atoms with E-state index in [1.54, 1.807) is 0 Å². The number of Topliss-reactive ketones (excluding diaryl/α,β-unsaturated/α-hetero) is 2. The van der Waals surface area contributed by atoms with Crippen molar-refractivity contribution >= 4 is 11.6 Å². The van der Waals surface area contributed by atoms with E-state index in [-0.39, 0.29) is 52.5 Å². The number of rotatable bonds is 0. The zero-order valence-corrected chi connectivity index (χ0v) is 15.0. The highest BCUT2D eigenvalue weighted by atomic mass is 16.3. The van der Waals surface area contributed by atoms with Gasteiger partial charge in [-0.25, -0.2) is 0 Å². The number of fused-ring (bicyclic) bond motifs is 5. The maximum absolute atomic E-state index is 12.5. The monoisotopic (exact) mass is 334 g/mol. The Morgan fingerprint density at radius 3 is 2.46 bits per heavy atom. The smallest absolute Gasteiger partial charge is 0.141 e. The van der Waals surface area contributed by atoms with Gasteiger partial charge >= 0.3 is 0 Å². The first-order valence-corrected chi connectivity index (χ1v) is 9.57. The van der Waals surface area contributed by atoms with E-state index in [9.17, 15) is 19.8 Å². The number of ketones is 2. The van der Waals surface area contributed by atoms with Gasteiger partial charge in [-0.1, -0.05) is 13.8 Å². The second-order valence-electron chi connectivity index (χ2n) is 9.70. The molecule has 0 unspecified atom stereocenters. The number of carbonyl (C=O) groups is 2. The van der Waals surface area contributed by atoms with Crippen LogP contribution >= 0.6 is 0 Å². The van der Waals surface area contributed by atoms with Crippen molar-refractivity contribution in [1.29, 1.82) is 0 Å². The Bertz CT molecular complexity index is 596. The third kappa shape index (κ3) is 1.87. The van der Waals surface area contributed by atoms with Crippen LogP contribution in [0, 0.1) is 34.5 Å². The van der Waals surface area contributed by atoms with Crippen LogP contribution in [0.25, 0.3) is 0 Å². The average molecular weight is 334 g/mol. The van der Waals surface area contributed by atoms with Gasteiger partial charge in [0.05, 0.1) is 11.7 Å². The molecule has 4 aliphatic carbocycles. The zero-order chi connectivity index (χ0) is 17.5. The molecule has 0 saturated heterocycles. The SMILES string of the molecule is C[C@]12[C@@H](CC[C@H]3[C@@H]4[C@@H](O)CC(=O)[C@@]4(C)CC[C@@H]31)CC(=O)C[C@@]2(C)O. The lowest BCUT2D eigenvalue weighted by Gasteiger charge is -2.63. The summed E-state index contributed by atoms with van der Waals surface area (Å²) in [5.41, 5.74) is -1.67. The molecule has 4 saturated carbocycles. The Labute approximate surface area is 144 Å². The Hall–Kier alpha value is -0.740. The van der Waals surface area contributed by atoms with Gasteiger partial charge in [-0.3, -0.25) is 9.59 Å². The topological polar surface area (TPSA) is 74.6 Å². The average Bonchev–Trinajstić information content (AvgIpc) is 2.70. The minimum atomic E-state index is -0.988. The van der Waals surface area contributed by atoms with Crippen molar-refractivity contribution < 1.29 is 19.8 Å². The lowest BCUT2D eigenvalue weighted by atomic mass is 9.42. The fourth-order valence-corrected chi connectivity index (χ4v) is 7.34. The van der Waals surface area contributed by atoms with Gasteiger partial charge in [-0.2, -0.15) is 0 Å². The summed E-state index contributed by atoms with van der Waals surface area (Å²) in [6, 6.07) is 0. The second-order valence-corrected chi connectivity index (χ2v) is 9.70. The lowest BCUT2D eigenvalue weighted by Crippen LogP contribution is -2.64. The highest BCUT2D eigenvalue weighted by molar-refractivity contribution is 5.88. The Morgan fingerprint density at radius 1 is 1.04 bits per heavy atom. The van der Waals surface area contributed by atoms with Crippen LogP contribution in [0.15, 0.2) is 0 Å². The van der Waals surface area contributed by atoms with E-state index in [1.165, 1.54) is 0 Å². The quantitative estimate of drug-likeness (QED) is 0.714. The number of carbonyl (C=O) groups excluding carboxylic acids is 2. The van der Waals surface area contributed by atoms with Crippen LogP contribution in [0.3, 0.4) is 0 Å². The Balaban J connectivity index is 1.75. The molecular weight excluding hydrogens is 304 g/mol. The summed E-state index contributed by atoms with van der Waals surface area (Å²) in [6.45, 7) is 6.06. The molecule has 0 radical (unpaired) electrons. The highest BCUT2D eigenvalue weighted by Gasteiger charge is 2.66. The molecule has 4 heteroatoms. The van der Waals surface area contributed by atoms with E-state index >= 15 is 0 Å². The van der Waals surface area contributed by atoms with Gasteiger partial charge in [0.1, 0.15) is 11.6 Å². The Morgan fingerprint density at radius 2 is 1.75 bits per heavy atom. The van der Waals surface area contributed by atoms with Crippen LogP contribution in [0.2, 0.25) is 0 Å². The molecule has 8 atom stereocenters. The van der Waals surface area contributed by atoms with Crippen molar-refractivity contribution in [2.75, 3.05) is 0 Å². The van der Waals surface area contributed by atoms with Crippen LogP contribution in [0.5, 0.6) is 0 Å². The molecule has 0 aromatic rings. The molecular formula is C20H30O4. The molecule has 24 heavy (non-hydrogen) atoms. The molecule has 2 N–H and O–H groups in total. The van der Waals surface area contributed by atoms with Crippen LogP contribution in [-0.2, 0) is 9.59 Å². The van der Waals surface area contributed by atoms with Gasteiger partial charge in [0.25, 0.3) is 0 Å². The third-order valence-corrected chi connectivity index (χ3v) is 8.78. The summed E-state index contributed by atoms with van der Waals surface area (Å²) < 4.78 is 0. The first kappa shape index (κ1) is 16.7. The van der Waals surface area contributed by atoms with Gasteiger partial charge in [0.2, 0.25) is 0 Å². The summed E-state index contributed by atoms with van der Waals surface area (Å²) in [7, 11) is 0. The lowest BCUT2D eigenvalue weighted by molar-refractivity contribution is -0.209. The van der Waals surface area contributed by atoms with E-state index in [1.807, 2.05) is 13.8 Å². The standard InChI is InChI=1S/C20H30O4/c1-18-7-6-14-13(17(18)15(22)9-16(18)23)5-4-11-8-12(21)10-19(2,24)20(11,14)3/h11,13-15,17,22,24H,4-10H2,1-3H3/t11-,13+,14-,15-,17+,18+,19+,20-/m0/s1.